The molecular formula is C17H16N4O3. The van der Waals surface area contributed by atoms with Gasteiger partial charge >= 0.3 is 0 Å². The van der Waals surface area contributed by atoms with E-state index in [1.54, 1.807) is 31.6 Å². The molecule has 0 atom stereocenters. The maximum atomic E-state index is 12.0. The Kier molecular flexibility index (Phi) is 4.51. The number of rotatable bonds is 5. The largest absolute Gasteiger partial charge is 0.464 e. The van der Waals surface area contributed by atoms with Crippen LogP contribution >= 0.6 is 0 Å². The molecular weight excluding hydrogens is 308 g/mol. The van der Waals surface area contributed by atoms with Gasteiger partial charge in [-0.25, -0.2) is 4.98 Å². The third-order valence-corrected chi connectivity index (χ3v) is 3.42. The summed E-state index contributed by atoms with van der Waals surface area (Å²) in [7, 11) is 0. The van der Waals surface area contributed by atoms with Crippen LogP contribution in [0.2, 0.25) is 0 Å². The van der Waals surface area contributed by atoms with Gasteiger partial charge in [-0.2, -0.15) is 0 Å². The van der Waals surface area contributed by atoms with E-state index in [2.05, 4.69) is 15.3 Å². The molecule has 0 spiro atoms. The molecule has 0 saturated carbocycles. The number of hydrogen-bond acceptors (Lipinski definition) is 5. The highest BCUT2D eigenvalue weighted by Crippen LogP contribution is 2.19. The number of carbonyl (C=O) groups excluding carboxylic acids is 1. The molecule has 1 amide bonds. The van der Waals surface area contributed by atoms with Crippen LogP contribution in [-0.2, 0) is 17.9 Å². The van der Waals surface area contributed by atoms with Crippen LogP contribution < -0.4 is 10.9 Å². The van der Waals surface area contributed by atoms with Crippen molar-refractivity contribution in [2.45, 2.75) is 20.0 Å². The zero-order valence-electron chi connectivity index (χ0n) is 13.1. The van der Waals surface area contributed by atoms with Crippen molar-refractivity contribution in [2.24, 2.45) is 0 Å². The first kappa shape index (κ1) is 15.7. The van der Waals surface area contributed by atoms with Crippen LogP contribution in [0.25, 0.3) is 11.3 Å². The molecule has 0 saturated heterocycles. The molecule has 7 heteroatoms. The van der Waals surface area contributed by atoms with Crippen LogP contribution in [0.1, 0.15) is 11.3 Å². The van der Waals surface area contributed by atoms with E-state index >= 15 is 0 Å². The quantitative estimate of drug-likeness (QED) is 0.768. The Morgan fingerprint density at radius 1 is 1.33 bits per heavy atom. The van der Waals surface area contributed by atoms with Gasteiger partial charge < -0.3 is 9.73 Å². The summed E-state index contributed by atoms with van der Waals surface area (Å²) in [5, 5.41) is 2.76. The maximum Gasteiger partial charge on any atom is 0.253 e. The zero-order valence-corrected chi connectivity index (χ0v) is 13.1. The van der Waals surface area contributed by atoms with Crippen molar-refractivity contribution in [1.29, 1.82) is 0 Å². The van der Waals surface area contributed by atoms with Gasteiger partial charge in [-0.3, -0.25) is 19.1 Å². The van der Waals surface area contributed by atoms with E-state index in [0.717, 1.165) is 11.1 Å². The Morgan fingerprint density at radius 3 is 2.96 bits per heavy atom. The smallest absolute Gasteiger partial charge is 0.253 e. The third-order valence-electron chi connectivity index (χ3n) is 3.42. The van der Waals surface area contributed by atoms with Crippen molar-refractivity contribution in [2.75, 3.05) is 0 Å². The summed E-state index contributed by atoms with van der Waals surface area (Å²) in [5.41, 5.74) is 2.05. The lowest BCUT2D eigenvalue weighted by Gasteiger charge is -2.08. The highest BCUT2D eigenvalue weighted by atomic mass is 16.3. The Labute approximate surface area is 138 Å². The molecule has 7 nitrogen and oxygen atoms in total. The zero-order chi connectivity index (χ0) is 16.9. The van der Waals surface area contributed by atoms with Gasteiger partial charge in [0.05, 0.1) is 12.6 Å². The summed E-state index contributed by atoms with van der Waals surface area (Å²) in [6, 6.07) is 6.93. The molecule has 3 aromatic rings. The van der Waals surface area contributed by atoms with Crippen molar-refractivity contribution < 1.29 is 9.21 Å². The number of hydrogen-bond donors (Lipinski definition) is 1. The SMILES string of the molecule is Cc1cc(=O)n(CC(=O)NCc2cncc(-c3ccco3)c2)cn1. The van der Waals surface area contributed by atoms with Crippen molar-refractivity contribution in [3.05, 3.63) is 70.9 Å². The normalized spacial score (nSPS) is 10.5. The van der Waals surface area contributed by atoms with E-state index in [-0.39, 0.29) is 18.0 Å². The van der Waals surface area contributed by atoms with Crippen molar-refractivity contribution in [3.8, 4) is 11.3 Å². The molecule has 0 aliphatic carbocycles. The molecule has 0 bridgehead atoms. The Bertz CT molecular complexity index is 900. The predicted octanol–water partition coefficient (Wildman–Crippen LogP) is 1.52. The Hall–Kier alpha value is -3.22. The number of aryl methyl sites for hydroxylation is 1. The first-order valence-corrected chi connectivity index (χ1v) is 7.39. The van der Waals surface area contributed by atoms with Gasteiger partial charge in [-0.1, -0.05) is 0 Å². The van der Waals surface area contributed by atoms with Gasteiger partial charge in [0.15, 0.2) is 0 Å². The minimum absolute atomic E-state index is 0.0720. The lowest BCUT2D eigenvalue weighted by Crippen LogP contribution is -2.32. The summed E-state index contributed by atoms with van der Waals surface area (Å²) in [4.78, 5) is 31.9. The van der Waals surface area contributed by atoms with Crippen LogP contribution in [0.5, 0.6) is 0 Å². The second-order valence-electron chi connectivity index (χ2n) is 5.33. The fourth-order valence-corrected chi connectivity index (χ4v) is 2.21. The molecule has 24 heavy (non-hydrogen) atoms. The average Bonchev–Trinajstić information content (AvgIpc) is 3.10. The maximum absolute atomic E-state index is 12.0. The molecule has 3 heterocycles. The predicted molar refractivity (Wildman–Crippen MR) is 87.0 cm³/mol. The summed E-state index contributed by atoms with van der Waals surface area (Å²) >= 11 is 0. The molecule has 0 radical (unpaired) electrons. The fraction of sp³-hybridized carbons (Fsp3) is 0.176. The summed E-state index contributed by atoms with van der Waals surface area (Å²) in [5.74, 6) is 0.444. The first-order valence-electron chi connectivity index (χ1n) is 7.39. The lowest BCUT2D eigenvalue weighted by molar-refractivity contribution is -0.121. The van der Waals surface area contributed by atoms with Gasteiger partial charge in [-0.05, 0) is 30.7 Å². The summed E-state index contributed by atoms with van der Waals surface area (Å²) in [6.45, 7) is 1.97. The van der Waals surface area contributed by atoms with Gasteiger partial charge in [0.2, 0.25) is 5.91 Å². The standard InChI is InChI=1S/C17H16N4O3/c1-12-5-17(23)21(11-20-12)10-16(22)19-8-13-6-14(9-18-7-13)15-3-2-4-24-15/h2-7,9,11H,8,10H2,1H3,(H,19,22). The fourth-order valence-electron chi connectivity index (χ4n) is 2.21. The molecule has 0 unspecified atom stereocenters. The van der Waals surface area contributed by atoms with E-state index in [1.807, 2.05) is 12.1 Å². The van der Waals surface area contributed by atoms with Crippen LogP contribution in [0.3, 0.4) is 0 Å². The van der Waals surface area contributed by atoms with E-state index in [0.29, 0.717) is 18.0 Å². The van der Waals surface area contributed by atoms with Crippen molar-refractivity contribution in [3.63, 3.8) is 0 Å². The van der Waals surface area contributed by atoms with E-state index in [9.17, 15) is 9.59 Å². The van der Waals surface area contributed by atoms with Crippen LogP contribution in [0.4, 0.5) is 0 Å². The third kappa shape index (κ3) is 3.75. The second kappa shape index (κ2) is 6.91. The summed E-state index contributed by atoms with van der Waals surface area (Å²) in [6.07, 6.45) is 6.33. The minimum atomic E-state index is -0.272. The van der Waals surface area contributed by atoms with E-state index in [4.69, 9.17) is 4.42 Å². The molecule has 3 aromatic heterocycles. The number of nitrogens with zero attached hydrogens (tertiary/aromatic N) is 3. The molecule has 0 aliphatic heterocycles. The second-order valence-corrected chi connectivity index (χ2v) is 5.33. The molecule has 1 N–H and O–H groups in total. The molecule has 0 aromatic carbocycles. The number of pyridine rings is 1. The van der Waals surface area contributed by atoms with E-state index < -0.39 is 0 Å². The van der Waals surface area contributed by atoms with Gasteiger partial charge in [-0.15, -0.1) is 0 Å². The highest BCUT2D eigenvalue weighted by Gasteiger charge is 2.07. The first-order chi connectivity index (χ1) is 11.6. The molecule has 0 fully saturated rings. The molecule has 0 aliphatic rings. The van der Waals surface area contributed by atoms with Gasteiger partial charge in [0.1, 0.15) is 12.3 Å². The number of nitrogens with one attached hydrogen (secondary N) is 1. The summed E-state index contributed by atoms with van der Waals surface area (Å²) < 4.78 is 6.59. The monoisotopic (exact) mass is 324 g/mol. The molecule has 122 valence electrons. The van der Waals surface area contributed by atoms with Gasteiger partial charge in [0.25, 0.3) is 5.56 Å². The van der Waals surface area contributed by atoms with E-state index in [1.165, 1.54) is 17.0 Å². The van der Waals surface area contributed by atoms with Gasteiger partial charge in [0, 0.05) is 36.3 Å². The minimum Gasteiger partial charge on any atom is -0.464 e. The Balaban J connectivity index is 1.62. The van der Waals surface area contributed by atoms with Crippen molar-refractivity contribution in [1.82, 2.24) is 19.9 Å². The molecule has 3 rings (SSSR count). The van der Waals surface area contributed by atoms with Crippen LogP contribution in [0, 0.1) is 6.92 Å². The number of amides is 1. The average molecular weight is 324 g/mol. The van der Waals surface area contributed by atoms with Crippen molar-refractivity contribution >= 4 is 5.91 Å². The Morgan fingerprint density at radius 2 is 2.21 bits per heavy atom. The topological polar surface area (TPSA) is 90.0 Å². The van der Waals surface area contributed by atoms with Crippen LogP contribution in [0.15, 0.2) is 58.5 Å². The highest BCUT2D eigenvalue weighted by molar-refractivity contribution is 5.75. The number of aromatic nitrogens is 3. The number of carbonyl (C=O) groups is 1. The van der Waals surface area contributed by atoms with Crippen LogP contribution in [-0.4, -0.2) is 20.4 Å². The number of furan rings is 1. The lowest BCUT2D eigenvalue weighted by atomic mass is 10.1.